The lowest BCUT2D eigenvalue weighted by atomic mass is 10.2. The van der Waals surface area contributed by atoms with Crippen LogP contribution in [-0.2, 0) is 4.79 Å². The van der Waals surface area contributed by atoms with E-state index in [0.717, 1.165) is 26.1 Å². The van der Waals surface area contributed by atoms with Crippen LogP contribution in [0.4, 0.5) is 4.79 Å². The van der Waals surface area contributed by atoms with Crippen LogP contribution in [0.15, 0.2) is 0 Å². The number of nitrogens with zero attached hydrogens (tertiary/aromatic N) is 2. The maximum atomic E-state index is 11.7. The van der Waals surface area contributed by atoms with E-state index in [9.17, 15) is 9.59 Å². The van der Waals surface area contributed by atoms with Gasteiger partial charge in [0.2, 0.25) is 5.91 Å². The molecule has 2 rings (SSSR count). The predicted octanol–water partition coefficient (Wildman–Crippen LogP) is 0.241. The molecule has 0 saturated carbocycles. The van der Waals surface area contributed by atoms with E-state index in [1.54, 1.807) is 4.90 Å². The van der Waals surface area contributed by atoms with Gasteiger partial charge in [-0.25, -0.2) is 4.79 Å². The molecule has 0 radical (unpaired) electrons. The van der Waals surface area contributed by atoms with E-state index in [1.807, 2.05) is 0 Å². The third kappa shape index (κ3) is 2.47. The highest BCUT2D eigenvalue weighted by atomic mass is 35.5. The largest absolute Gasteiger partial charge is 0.324 e. The monoisotopic (exact) mass is 245 g/mol. The molecule has 16 heavy (non-hydrogen) atoms. The zero-order valence-electron chi connectivity index (χ0n) is 9.12. The van der Waals surface area contributed by atoms with Gasteiger partial charge in [-0.3, -0.25) is 15.0 Å². The Morgan fingerprint density at radius 2 is 2.12 bits per heavy atom. The third-order valence-corrected chi connectivity index (χ3v) is 3.49. The second-order valence-electron chi connectivity index (χ2n) is 4.26. The van der Waals surface area contributed by atoms with E-state index >= 15 is 0 Å². The molecule has 0 aliphatic carbocycles. The Hall–Kier alpha value is -0.810. The van der Waals surface area contributed by atoms with Gasteiger partial charge in [0.15, 0.2) is 0 Å². The lowest BCUT2D eigenvalue weighted by Gasteiger charge is -2.37. The van der Waals surface area contributed by atoms with Gasteiger partial charge in [-0.2, -0.15) is 0 Å². The van der Waals surface area contributed by atoms with E-state index in [2.05, 4.69) is 10.2 Å². The van der Waals surface area contributed by atoms with Crippen molar-refractivity contribution in [3.05, 3.63) is 0 Å². The number of hydrogen-bond acceptors (Lipinski definition) is 3. The van der Waals surface area contributed by atoms with Gasteiger partial charge < -0.3 is 4.90 Å². The summed E-state index contributed by atoms with van der Waals surface area (Å²) in [5.74, 6) is -0.602. The molecule has 2 aliphatic rings. The van der Waals surface area contributed by atoms with Crippen molar-refractivity contribution in [1.29, 1.82) is 0 Å². The van der Waals surface area contributed by atoms with E-state index in [-0.39, 0.29) is 11.9 Å². The van der Waals surface area contributed by atoms with Gasteiger partial charge in [0.05, 0.1) is 0 Å². The van der Waals surface area contributed by atoms with E-state index in [1.165, 1.54) is 6.42 Å². The summed E-state index contributed by atoms with van der Waals surface area (Å²) in [7, 11) is 0. The molecule has 2 heterocycles. The molecule has 6 heteroatoms. The first-order chi connectivity index (χ1) is 7.70. The quantitative estimate of drug-likeness (QED) is 0.674. The first-order valence-electron chi connectivity index (χ1n) is 5.59. The molecule has 1 atom stereocenters. The Bertz CT molecular complexity index is 298. The number of nitrogens with one attached hydrogen (secondary N) is 1. The van der Waals surface area contributed by atoms with Crippen molar-refractivity contribution >= 4 is 23.5 Å². The fraction of sp³-hybridized carbons (Fsp3) is 0.800. The van der Waals surface area contributed by atoms with E-state index in [4.69, 9.17) is 11.6 Å². The standard InChI is InChI=1S/C10H16ClN3O2/c11-6-9(15)12-10(16)14-5-4-13-3-1-2-8(13)7-14/h8H,1-7H2,(H,12,15,16). The number of alkyl halides is 1. The summed E-state index contributed by atoms with van der Waals surface area (Å²) in [5.41, 5.74) is 0. The highest BCUT2D eigenvalue weighted by Crippen LogP contribution is 2.21. The van der Waals surface area contributed by atoms with Gasteiger partial charge in [0, 0.05) is 25.7 Å². The molecule has 1 unspecified atom stereocenters. The molecule has 0 aromatic heterocycles. The number of fused-ring (bicyclic) bond motifs is 1. The van der Waals surface area contributed by atoms with Crippen molar-refractivity contribution in [3.8, 4) is 0 Å². The zero-order chi connectivity index (χ0) is 11.5. The first kappa shape index (κ1) is 11.7. The van der Waals surface area contributed by atoms with Crippen LogP contribution in [0.1, 0.15) is 12.8 Å². The third-order valence-electron chi connectivity index (χ3n) is 3.24. The van der Waals surface area contributed by atoms with Crippen LogP contribution in [0.3, 0.4) is 0 Å². The number of urea groups is 1. The van der Waals surface area contributed by atoms with Crippen LogP contribution < -0.4 is 5.32 Å². The minimum absolute atomic E-state index is 0.171. The number of imide groups is 1. The molecular formula is C10H16ClN3O2. The number of piperazine rings is 1. The minimum atomic E-state index is -0.430. The molecule has 0 spiro atoms. The van der Waals surface area contributed by atoms with Crippen LogP contribution in [0.25, 0.3) is 0 Å². The normalized spacial score (nSPS) is 25.3. The Kier molecular flexibility index (Phi) is 3.66. The molecule has 0 bridgehead atoms. The van der Waals surface area contributed by atoms with E-state index < -0.39 is 5.91 Å². The second-order valence-corrected chi connectivity index (χ2v) is 4.53. The molecule has 2 saturated heterocycles. The maximum Gasteiger partial charge on any atom is 0.324 e. The fourth-order valence-electron chi connectivity index (χ4n) is 2.41. The molecule has 2 fully saturated rings. The lowest BCUT2D eigenvalue weighted by Crippen LogP contribution is -2.55. The molecule has 90 valence electrons. The van der Waals surface area contributed by atoms with Gasteiger partial charge in [-0.05, 0) is 19.4 Å². The summed E-state index contributed by atoms with van der Waals surface area (Å²) >= 11 is 5.33. The van der Waals surface area contributed by atoms with Crippen molar-refractivity contribution in [1.82, 2.24) is 15.1 Å². The fourth-order valence-corrected chi connectivity index (χ4v) is 2.47. The number of amides is 3. The van der Waals surface area contributed by atoms with Crippen molar-refractivity contribution in [2.24, 2.45) is 0 Å². The molecule has 3 amide bonds. The van der Waals surface area contributed by atoms with Crippen LogP contribution in [0, 0.1) is 0 Å². The van der Waals surface area contributed by atoms with Crippen molar-refractivity contribution < 1.29 is 9.59 Å². The first-order valence-corrected chi connectivity index (χ1v) is 6.13. The average molecular weight is 246 g/mol. The van der Waals surface area contributed by atoms with Gasteiger partial charge >= 0.3 is 6.03 Å². The smallest absolute Gasteiger partial charge is 0.322 e. The summed E-state index contributed by atoms with van der Waals surface area (Å²) in [4.78, 5) is 26.8. The van der Waals surface area contributed by atoms with Gasteiger partial charge in [0.1, 0.15) is 5.88 Å². The van der Waals surface area contributed by atoms with Crippen molar-refractivity contribution in [2.75, 3.05) is 32.1 Å². The molecule has 0 aromatic carbocycles. The van der Waals surface area contributed by atoms with Crippen molar-refractivity contribution in [2.45, 2.75) is 18.9 Å². The van der Waals surface area contributed by atoms with Crippen LogP contribution in [0.5, 0.6) is 0 Å². The van der Waals surface area contributed by atoms with Gasteiger partial charge in [0.25, 0.3) is 0 Å². The Morgan fingerprint density at radius 3 is 2.88 bits per heavy atom. The highest BCUT2D eigenvalue weighted by molar-refractivity contribution is 6.28. The maximum absolute atomic E-state index is 11.7. The zero-order valence-corrected chi connectivity index (χ0v) is 9.87. The number of carbonyl (C=O) groups is 2. The minimum Gasteiger partial charge on any atom is -0.322 e. The SMILES string of the molecule is O=C(CCl)NC(=O)N1CCN2CCCC2C1. The molecule has 2 aliphatic heterocycles. The molecule has 0 aromatic rings. The van der Waals surface area contributed by atoms with Crippen LogP contribution >= 0.6 is 11.6 Å². The van der Waals surface area contributed by atoms with Crippen LogP contribution in [-0.4, -0.2) is 59.8 Å². The number of rotatable bonds is 1. The Labute approximate surface area is 99.7 Å². The molecule has 5 nitrogen and oxygen atoms in total. The Balaban J connectivity index is 1.86. The molecular weight excluding hydrogens is 230 g/mol. The predicted molar refractivity (Wildman–Crippen MR) is 60.4 cm³/mol. The summed E-state index contributed by atoms with van der Waals surface area (Å²) < 4.78 is 0. The summed E-state index contributed by atoms with van der Waals surface area (Å²) in [6.07, 6.45) is 2.36. The highest BCUT2D eigenvalue weighted by Gasteiger charge is 2.32. The summed E-state index contributed by atoms with van der Waals surface area (Å²) in [6, 6.07) is 0.169. The van der Waals surface area contributed by atoms with Gasteiger partial charge in [-0.15, -0.1) is 11.6 Å². The number of carbonyl (C=O) groups excluding carboxylic acids is 2. The Morgan fingerprint density at radius 1 is 1.31 bits per heavy atom. The summed E-state index contributed by atoms with van der Waals surface area (Å²) in [5, 5.41) is 2.28. The average Bonchev–Trinajstić information content (AvgIpc) is 2.75. The lowest BCUT2D eigenvalue weighted by molar-refractivity contribution is -0.117. The topological polar surface area (TPSA) is 52.7 Å². The van der Waals surface area contributed by atoms with E-state index in [0.29, 0.717) is 12.6 Å². The summed E-state index contributed by atoms with van der Waals surface area (Å²) in [6.45, 7) is 3.47. The number of halogens is 1. The van der Waals surface area contributed by atoms with Gasteiger partial charge in [-0.1, -0.05) is 0 Å². The second kappa shape index (κ2) is 5.01. The van der Waals surface area contributed by atoms with Crippen LogP contribution in [0.2, 0.25) is 0 Å². The van der Waals surface area contributed by atoms with Crippen molar-refractivity contribution in [3.63, 3.8) is 0 Å². The molecule has 1 N–H and O–H groups in total. The number of hydrogen-bond donors (Lipinski definition) is 1.